The summed E-state index contributed by atoms with van der Waals surface area (Å²) in [4.78, 5) is 17.9. The van der Waals surface area contributed by atoms with E-state index in [1.807, 2.05) is 42.2 Å². The minimum atomic E-state index is 0.188. The highest BCUT2D eigenvalue weighted by atomic mass is 32.1. The molecule has 1 saturated heterocycles. The van der Waals surface area contributed by atoms with Crippen LogP contribution in [0.15, 0.2) is 42.7 Å². The lowest BCUT2D eigenvalue weighted by Gasteiger charge is -2.20. The van der Waals surface area contributed by atoms with Gasteiger partial charge in [-0.15, -0.1) is 0 Å². The number of aryl methyl sites for hydroxylation is 1. The van der Waals surface area contributed by atoms with Crippen LogP contribution in [-0.2, 0) is 11.3 Å². The highest BCUT2D eigenvalue weighted by molar-refractivity contribution is 7.80. The second-order valence-corrected chi connectivity index (χ2v) is 6.23. The summed E-state index contributed by atoms with van der Waals surface area (Å²) >= 11 is 5.35. The first-order valence-electron chi connectivity index (χ1n) is 7.98. The molecule has 2 N–H and O–H groups in total. The van der Waals surface area contributed by atoms with Gasteiger partial charge in [0.05, 0.1) is 0 Å². The molecule has 1 aromatic carbocycles. The summed E-state index contributed by atoms with van der Waals surface area (Å²) in [6.45, 7) is 3.42. The zero-order valence-corrected chi connectivity index (χ0v) is 14.4. The third-order valence-corrected chi connectivity index (χ3v) is 4.25. The highest BCUT2D eigenvalue weighted by Crippen LogP contribution is 2.28. The molecule has 3 rings (SSSR count). The molecule has 5 nitrogen and oxygen atoms in total. The first kappa shape index (κ1) is 16.4. The molecule has 124 valence electrons. The van der Waals surface area contributed by atoms with Gasteiger partial charge in [-0.2, -0.15) is 0 Å². The summed E-state index contributed by atoms with van der Waals surface area (Å²) in [5.41, 5.74) is 3.98. The number of nitrogens with one attached hydrogen (secondary N) is 2. The minimum absolute atomic E-state index is 0.188. The van der Waals surface area contributed by atoms with Crippen LogP contribution in [0.3, 0.4) is 0 Å². The Balaban J connectivity index is 1.64. The number of carbonyl (C=O) groups is 1. The molecular formula is C18H20N4OS. The molecule has 1 aromatic heterocycles. The van der Waals surface area contributed by atoms with Crippen LogP contribution >= 0.6 is 12.2 Å². The SMILES string of the molecule is Cc1ccc(NC(=S)NCc2cccnc2)cc1N1CCCC1=O. The first-order valence-corrected chi connectivity index (χ1v) is 8.39. The van der Waals surface area contributed by atoms with Crippen molar-refractivity contribution in [3.05, 3.63) is 53.9 Å². The van der Waals surface area contributed by atoms with Gasteiger partial charge in [-0.25, -0.2) is 0 Å². The lowest BCUT2D eigenvalue weighted by molar-refractivity contribution is -0.117. The number of rotatable bonds is 4. The normalized spacial score (nSPS) is 13.9. The summed E-state index contributed by atoms with van der Waals surface area (Å²) in [5.74, 6) is 0.188. The van der Waals surface area contributed by atoms with Gasteiger partial charge in [0.2, 0.25) is 5.91 Å². The summed E-state index contributed by atoms with van der Waals surface area (Å²) in [6.07, 6.45) is 5.09. The smallest absolute Gasteiger partial charge is 0.227 e. The number of pyridine rings is 1. The molecule has 2 aromatic rings. The van der Waals surface area contributed by atoms with E-state index in [0.717, 1.165) is 35.5 Å². The van der Waals surface area contributed by atoms with Gasteiger partial charge in [0.1, 0.15) is 0 Å². The predicted octanol–water partition coefficient (Wildman–Crippen LogP) is 3.00. The molecule has 0 bridgehead atoms. The molecule has 24 heavy (non-hydrogen) atoms. The van der Waals surface area contributed by atoms with Crippen LogP contribution in [0.4, 0.5) is 11.4 Å². The van der Waals surface area contributed by atoms with Crippen LogP contribution in [0.5, 0.6) is 0 Å². The van der Waals surface area contributed by atoms with Gasteiger partial charge in [-0.1, -0.05) is 12.1 Å². The molecule has 2 heterocycles. The van der Waals surface area contributed by atoms with E-state index in [-0.39, 0.29) is 5.91 Å². The van der Waals surface area contributed by atoms with Crippen LogP contribution < -0.4 is 15.5 Å². The Labute approximate surface area is 147 Å². The Morgan fingerprint density at radius 3 is 2.96 bits per heavy atom. The van der Waals surface area contributed by atoms with Crippen molar-refractivity contribution in [1.82, 2.24) is 10.3 Å². The van der Waals surface area contributed by atoms with E-state index in [1.54, 1.807) is 12.4 Å². The Kier molecular flexibility index (Phi) is 5.05. The van der Waals surface area contributed by atoms with Gasteiger partial charge in [0.25, 0.3) is 0 Å². The molecule has 0 unspecified atom stereocenters. The van der Waals surface area contributed by atoms with Gasteiger partial charge in [0.15, 0.2) is 5.11 Å². The second kappa shape index (κ2) is 7.40. The molecule has 0 radical (unpaired) electrons. The number of aromatic nitrogens is 1. The van der Waals surface area contributed by atoms with Gasteiger partial charge in [-0.3, -0.25) is 9.78 Å². The maximum atomic E-state index is 12.0. The highest BCUT2D eigenvalue weighted by Gasteiger charge is 2.23. The standard InChI is InChI=1S/C18H20N4OS/c1-13-6-7-15(10-16(13)22-9-3-5-17(22)23)21-18(24)20-12-14-4-2-8-19-11-14/h2,4,6-8,10-11H,3,5,9,12H2,1H3,(H2,20,21,24). The summed E-state index contributed by atoms with van der Waals surface area (Å²) in [6, 6.07) is 9.85. The molecule has 1 aliphatic heterocycles. The van der Waals surface area contributed by atoms with Crippen LogP contribution in [0.1, 0.15) is 24.0 Å². The van der Waals surface area contributed by atoms with E-state index < -0.39 is 0 Å². The van der Waals surface area contributed by atoms with E-state index in [0.29, 0.717) is 18.1 Å². The summed E-state index contributed by atoms with van der Waals surface area (Å²) in [5, 5.41) is 6.88. The van der Waals surface area contributed by atoms with Gasteiger partial charge in [-0.05, 0) is 54.9 Å². The Bertz CT molecular complexity index is 748. The van der Waals surface area contributed by atoms with Crippen molar-refractivity contribution in [3.8, 4) is 0 Å². The second-order valence-electron chi connectivity index (χ2n) is 5.82. The third-order valence-electron chi connectivity index (χ3n) is 4.01. The summed E-state index contributed by atoms with van der Waals surface area (Å²) < 4.78 is 0. The lowest BCUT2D eigenvalue weighted by atomic mass is 10.1. The Morgan fingerprint density at radius 2 is 2.25 bits per heavy atom. The van der Waals surface area contributed by atoms with E-state index >= 15 is 0 Å². The maximum absolute atomic E-state index is 12.0. The number of amides is 1. The van der Waals surface area contributed by atoms with Gasteiger partial charge < -0.3 is 15.5 Å². The number of hydrogen-bond donors (Lipinski definition) is 2. The average Bonchev–Trinajstić information content (AvgIpc) is 3.01. The average molecular weight is 340 g/mol. The van der Waals surface area contributed by atoms with Crippen molar-refractivity contribution in [2.24, 2.45) is 0 Å². The van der Waals surface area contributed by atoms with Crippen LogP contribution in [-0.4, -0.2) is 22.5 Å². The quantitative estimate of drug-likeness (QED) is 0.838. The van der Waals surface area contributed by atoms with Crippen LogP contribution in [0, 0.1) is 6.92 Å². The van der Waals surface area contributed by atoms with Crippen molar-refractivity contribution < 1.29 is 4.79 Å². The number of benzene rings is 1. The molecule has 0 atom stereocenters. The molecule has 0 aliphatic carbocycles. The molecule has 6 heteroatoms. The zero-order chi connectivity index (χ0) is 16.9. The van der Waals surface area contributed by atoms with E-state index in [9.17, 15) is 4.79 Å². The number of hydrogen-bond acceptors (Lipinski definition) is 3. The molecule has 1 amide bonds. The first-order chi connectivity index (χ1) is 11.6. The fourth-order valence-corrected chi connectivity index (χ4v) is 2.93. The lowest BCUT2D eigenvalue weighted by Crippen LogP contribution is -2.28. The predicted molar refractivity (Wildman–Crippen MR) is 100 cm³/mol. The Hall–Kier alpha value is -2.47. The zero-order valence-electron chi connectivity index (χ0n) is 13.6. The van der Waals surface area contributed by atoms with Crippen molar-refractivity contribution in [2.45, 2.75) is 26.3 Å². The fraction of sp³-hybridized carbons (Fsp3) is 0.278. The minimum Gasteiger partial charge on any atom is -0.358 e. The summed E-state index contributed by atoms with van der Waals surface area (Å²) in [7, 11) is 0. The topological polar surface area (TPSA) is 57.3 Å². The van der Waals surface area contributed by atoms with Gasteiger partial charge in [0, 0.05) is 43.3 Å². The van der Waals surface area contributed by atoms with E-state index in [4.69, 9.17) is 12.2 Å². The van der Waals surface area contributed by atoms with Crippen LogP contribution in [0.25, 0.3) is 0 Å². The molecular weight excluding hydrogens is 320 g/mol. The van der Waals surface area contributed by atoms with E-state index in [1.165, 1.54) is 0 Å². The molecule has 0 spiro atoms. The van der Waals surface area contributed by atoms with Gasteiger partial charge >= 0.3 is 0 Å². The van der Waals surface area contributed by atoms with Crippen molar-refractivity contribution in [3.63, 3.8) is 0 Å². The number of anilines is 2. The van der Waals surface area contributed by atoms with Crippen molar-refractivity contribution >= 4 is 34.6 Å². The maximum Gasteiger partial charge on any atom is 0.227 e. The monoisotopic (exact) mass is 340 g/mol. The molecule has 0 saturated carbocycles. The van der Waals surface area contributed by atoms with Crippen LogP contribution in [0.2, 0.25) is 0 Å². The van der Waals surface area contributed by atoms with Crippen molar-refractivity contribution in [2.75, 3.05) is 16.8 Å². The molecule has 1 aliphatic rings. The largest absolute Gasteiger partial charge is 0.358 e. The molecule has 1 fully saturated rings. The third kappa shape index (κ3) is 3.89. The number of thiocarbonyl (C=S) groups is 1. The Morgan fingerprint density at radius 1 is 1.38 bits per heavy atom. The number of carbonyl (C=O) groups excluding carboxylic acids is 1. The number of nitrogens with zero attached hydrogens (tertiary/aromatic N) is 2. The fourth-order valence-electron chi connectivity index (χ4n) is 2.74. The van der Waals surface area contributed by atoms with E-state index in [2.05, 4.69) is 15.6 Å². The van der Waals surface area contributed by atoms with Crippen molar-refractivity contribution in [1.29, 1.82) is 0 Å².